The zero-order valence-electron chi connectivity index (χ0n) is 14.1. The Hall–Kier alpha value is -4.07. The third kappa shape index (κ3) is 4.51. The van der Waals surface area contributed by atoms with Crippen molar-refractivity contribution in [1.29, 1.82) is 0 Å². The maximum Gasteiger partial charge on any atom is 0.289 e. The van der Waals surface area contributed by atoms with E-state index in [9.17, 15) is 14.9 Å². The van der Waals surface area contributed by atoms with Gasteiger partial charge in [-0.3, -0.25) is 20.0 Å². The summed E-state index contributed by atoms with van der Waals surface area (Å²) in [6.45, 7) is 0. The van der Waals surface area contributed by atoms with E-state index >= 15 is 0 Å². The smallest absolute Gasteiger partial charge is 0.272 e. The molecule has 0 bridgehead atoms. The van der Waals surface area contributed by atoms with Crippen LogP contribution in [-0.2, 0) is 0 Å². The maximum absolute atomic E-state index is 12.1. The molecule has 0 fully saturated rings. The first-order valence-corrected chi connectivity index (χ1v) is 7.99. The highest BCUT2D eigenvalue weighted by atomic mass is 16.6. The van der Waals surface area contributed by atoms with Crippen LogP contribution in [-0.4, -0.2) is 27.2 Å². The Morgan fingerprint density at radius 2 is 1.89 bits per heavy atom. The highest BCUT2D eigenvalue weighted by Crippen LogP contribution is 2.18. The number of H-pyrrole nitrogens is 1. The Kier molecular flexibility index (Phi) is 5.48. The molecule has 8 nitrogen and oxygen atoms in total. The molecule has 1 heterocycles. The van der Waals surface area contributed by atoms with Gasteiger partial charge in [0.1, 0.15) is 5.69 Å². The van der Waals surface area contributed by atoms with Gasteiger partial charge >= 0.3 is 0 Å². The largest absolute Gasteiger partial charge is 0.289 e. The van der Waals surface area contributed by atoms with Crippen LogP contribution in [0.3, 0.4) is 0 Å². The van der Waals surface area contributed by atoms with E-state index in [0.29, 0.717) is 11.3 Å². The van der Waals surface area contributed by atoms with Crippen molar-refractivity contribution in [2.45, 2.75) is 0 Å². The molecule has 8 heteroatoms. The van der Waals surface area contributed by atoms with Crippen LogP contribution in [0.2, 0.25) is 0 Å². The Labute approximate surface area is 154 Å². The van der Waals surface area contributed by atoms with Gasteiger partial charge in [-0.1, -0.05) is 42.5 Å². The van der Waals surface area contributed by atoms with Gasteiger partial charge in [-0.2, -0.15) is 10.2 Å². The summed E-state index contributed by atoms with van der Waals surface area (Å²) in [4.78, 5) is 22.5. The molecule has 1 amide bonds. The lowest BCUT2D eigenvalue weighted by Gasteiger charge is -1.95. The predicted molar refractivity (Wildman–Crippen MR) is 102 cm³/mol. The molecule has 0 spiro atoms. The first-order chi connectivity index (χ1) is 13.1. The number of benzene rings is 2. The minimum Gasteiger partial charge on any atom is -0.272 e. The summed E-state index contributed by atoms with van der Waals surface area (Å²) in [7, 11) is 0. The van der Waals surface area contributed by atoms with E-state index in [0.717, 1.165) is 5.56 Å². The Morgan fingerprint density at radius 1 is 1.15 bits per heavy atom. The number of aromatic amines is 1. The normalized spacial score (nSPS) is 11.1. The molecule has 2 N–H and O–H groups in total. The van der Waals surface area contributed by atoms with Crippen molar-refractivity contribution in [3.63, 3.8) is 0 Å². The van der Waals surface area contributed by atoms with Crippen LogP contribution in [0.1, 0.15) is 16.1 Å². The zero-order chi connectivity index (χ0) is 19.1. The zero-order valence-corrected chi connectivity index (χ0v) is 14.1. The molecule has 0 aliphatic heterocycles. The molecule has 0 atom stereocenters. The number of allylic oxidation sites excluding steroid dienone is 1. The summed E-state index contributed by atoms with van der Waals surface area (Å²) in [6.07, 6.45) is 4.38. The molecule has 0 radical (unpaired) electrons. The van der Waals surface area contributed by atoms with Crippen LogP contribution < -0.4 is 5.43 Å². The molecular weight excluding hydrogens is 346 g/mol. The number of nitro groups is 1. The van der Waals surface area contributed by atoms with E-state index < -0.39 is 10.8 Å². The van der Waals surface area contributed by atoms with Gasteiger partial charge in [0.2, 0.25) is 0 Å². The molecule has 134 valence electrons. The lowest BCUT2D eigenvalue weighted by molar-refractivity contribution is -0.385. The number of amides is 1. The molecule has 27 heavy (non-hydrogen) atoms. The van der Waals surface area contributed by atoms with Gasteiger partial charge in [-0.25, -0.2) is 5.43 Å². The van der Waals surface area contributed by atoms with Crippen LogP contribution in [0.4, 0.5) is 5.69 Å². The molecule has 3 rings (SSSR count). The summed E-state index contributed by atoms with van der Waals surface area (Å²) in [6, 6.07) is 17.4. The fraction of sp³-hybridized carbons (Fsp3) is 0. The molecule has 1 aromatic heterocycles. The SMILES string of the molecule is O=C(N/N=C\C=C\c1ccccc1[N+](=O)[O-])c1cc(-c2ccccc2)n[nH]1. The second-order valence-electron chi connectivity index (χ2n) is 5.43. The van der Waals surface area contributed by atoms with E-state index in [1.807, 2.05) is 30.3 Å². The van der Waals surface area contributed by atoms with Crippen molar-refractivity contribution in [2.24, 2.45) is 5.10 Å². The molecule has 2 aromatic carbocycles. The van der Waals surface area contributed by atoms with Crippen molar-refractivity contribution in [1.82, 2.24) is 15.6 Å². The summed E-state index contributed by atoms with van der Waals surface area (Å²) in [5.74, 6) is -0.444. The van der Waals surface area contributed by atoms with Crippen molar-refractivity contribution < 1.29 is 9.72 Å². The van der Waals surface area contributed by atoms with Gasteiger partial charge in [0.05, 0.1) is 16.2 Å². The third-order valence-electron chi connectivity index (χ3n) is 3.63. The monoisotopic (exact) mass is 361 g/mol. The second kappa shape index (κ2) is 8.34. The first kappa shape index (κ1) is 17.7. The van der Waals surface area contributed by atoms with Gasteiger partial charge in [0.15, 0.2) is 0 Å². The van der Waals surface area contributed by atoms with Crippen molar-refractivity contribution in [3.8, 4) is 11.3 Å². The minimum absolute atomic E-state index is 0.00270. The van der Waals surface area contributed by atoms with Crippen LogP contribution in [0.15, 0.2) is 71.8 Å². The number of para-hydroxylation sites is 1. The lowest BCUT2D eigenvalue weighted by atomic mass is 10.1. The average molecular weight is 361 g/mol. The summed E-state index contributed by atoms with van der Waals surface area (Å²) in [5, 5.41) is 21.5. The number of hydrazone groups is 1. The van der Waals surface area contributed by atoms with Gasteiger partial charge < -0.3 is 0 Å². The number of rotatable bonds is 6. The number of hydrogen-bond donors (Lipinski definition) is 2. The van der Waals surface area contributed by atoms with E-state index in [-0.39, 0.29) is 11.4 Å². The van der Waals surface area contributed by atoms with Crippen molar-refractivity contribution in [3.05, 3.63) is 88.1 Å². The predicted octanol–water partition coefficient (Wildman–Crippen LogP) is 3.41. The third-order valence-corrected chi connectivity index (χ3v) is 3.63. The summed E-state index contributed by atoms with van der Waals surface area (Å²) in [5.41, 5.74) is 4.62. The quantitative estimate of drug-likeness (QED) is 0.398. The number of carbonyl (C=O) groups excluding carboxylic acids is 1. The van der Waals surface area contributed by atoms with Gasteiger partial charge in [0.25, 0.3) is 11.6 Å². The van der Waals surface area contributed by atoms with Gasteiger partial charge in [0, 0.05) is 17.8 Å². The lowest BCUT2D eigenvalue weighted by Crippen LogP contribution is -2.17. The molecule has 0 aliphatic rings. The highest BCUT2D eigenvalue weighted by molar-refractivity contribution is 5.94. The van der Waals surface area contributed by atoms with Crippen molar-refractivity contribution in [2.75, 3.05) is 0 Å². The molecule has 0 saturated heterocycles. The molecular formula is C19H15N5O3. The van der Waals surface area contributed by atoms with Gasteiger partial charge in [-0.15, -0.1) is 0 Å². The summed E-state index contributed by atoms with van der Waals surface area (Å²) >= 11 is 0. The van der Waals surface area contributed by atoms with Crippen molar-refractivity contribution >= 4 is 23.9 Å². The second-order valence-corrected chi connectivity index (χ2v) is 5.43. The number of nitro benzene ring substituents is 1. The van der Waals surface area contributed by atoms with Crippen LogP contribution in [0.25, 0.3) is 17.3 Å². The Morgan fingerprint density at radius 3 is 2.67 bits per heavy atom. The fourth-order valence-corrected chi connectivity index (χ4v) is 2.34. The molecule has 0 aliphatic carbocycles. The fourth-order valence-electron chi connectivity index (χ4n) is 2.34. The number of carbonyl (C=O) groups is 1. The number of aromatic nitrogens is 2. The first-order valence-electron chi connectivity index (χ1n) is 7.99. The van der Waals surface area contributed by atoms with Crippen LogP contribution in [0.5, 0.6) is 0 Å². The summed E-state index contributed by atoms with van der Waals surface area (Å²) < 4.78 is 0. The topological polar surface area (TPSA) is 113 Å². The molecule has 3 aromatic rings. The van der Waals surface area contributed by atoms with E-state index in [1.165, 1.54) is 24.4 Å². The van der Waals surface area contributed by atoms with Crippen LogP contribution in [0, 0.1) is 10.1 Å². The molecule has 0 saturated carbocycles. The Balaban J connectivity index is 1.60. The van der Waals surface area contributed by atoms with E-state index in [2.05, 4.69) is 20.7 Å². The van der Waals surface area contributed by atoms with Gasteiger partial charge in [-0.05, 0) is 24.3 Å². The number of nitrogens with one attached hydrogen (secondary N) is 2. The van der Waals surface area contributed by atoms with E-state index in [4.69, 9.17) is 0 Å². The van der Waals surface area contributed by atoms with E-state index in [1.54, 1.807) is 24.3 Å². The standard InChI is InChI=1S/C19H15N5O3/c25-19(17-13-16(21-22-17)14-7-2-1-3-8-14)23-20-12-6-10-15-9-4-5-11-18(15)24(26)27/h1-13H,(H,21,22)(H,23,25)/b10-6+,20-12-. The Bertz CT molecular complexity index is 1010. The number of nitrogens with zero attached hydrogens (tertiary/aromatic N) is 3. The number of hydrogen-bond acceptors (Lipinski definition) is 5. The minimum atomic E-state index is -0.457. The average Bonchev–Trinajstić information content (AvgIpc) is 3.19. The van der Waals surface area contributed by atoms with Crippen LogP contribution >= 0.6 is 0 Å². The maximum atomic E-state index is 12.1. The molecule has 0 unspecified atom stereocenters. The highest BCUT2D eigenvalue weighted by Gasteiger charge is 2.10.